The second kappa shape index (κ2) is 9.88. The normalized spacial score (nSPS) is 13.8. The Morgan fingerprint density at radius 2 is 1.61 bits per heavy atom. The highest BCUT2D eigenvalue weighted by Gasteiger charge is 2.45. The fourth-order valence-corrected chi connectivity index (χ4v) is 4.17. The van der Waals surface area contributed by atoms with Crippen molar-refractivity contribution in [2.24, 2.45) is 7.05 Å². The molecule has 3 rings (SSSR count). The van der Waals surface area contributed by atoms with Crippen LogP contribution in [0.5, 0.6) is 11.5 Å². The zero-order valence-corrected chi connectivity index (χ0v) is 19.4. The summed E-state index contributed by atoms with van der Waals surface area (Å²) in [6.45, 7) is 1.31. The van der Waals surface area contributed by atoms with Crippen molar-refractivity contribution < 1.29 is 41.0 Å². The summed E-state index contributed by atoms with van der Waals surface area (Å²) < 4.78 is 88.1. The first-order valence-corrected chi connectivity index (χ1v) is 10.6. The number of carbonyl (C=O) groups is 1. The molecule has 0 radical (unpaired) electrons. The number of alkyl halides is 6. The van der Waals surface area contributed by atoms with Crippen LogP contribution in [0.2, 0.25) is 5.02 Å². The average molecular weight is 534 g/mol. The number of carboxylic acids is 1. The quantitative estimate of drug-likeness (QED) is 0.347. The summed E-state index contributed by atoms with van der Waals surface area (Å²) >= 11 is 6.24. The Morgan fingerprint density at radius 1 is 1.00 bits per heavy atom. The van der Waals surface area contributed by atoms with Gasteiger partial charge in [0, 0.05) is 24.3 Å². The van der Waals surface area contributed by atoms with Crippen LogP contribution >= 0.6 is 11.6 Å². The highest BCUT2D eigenvalue weighted by atomic mass is 35.5. The van der Waals surface area contributed by atoms with Gasteiger partial charge < -0.3 is 14.4 Å². The molecule has 0 fully saturated rings. The van der Waals surface area contributed by atoms with E-state index in [-0.39, 0.29) is 27.6 Å². The first kappa shape index (κ1) is 27.1. The van der Waals surface area contributed by atoms with Gasteiger partial charge in [0.05, 0.1) is 17.0 Å². The van der Waals surface area contributed by atoms with Gasteiger partial charge in [-0.1, -0.05) is 30.7 Å². The van der Waals surface area contributed by atoms with E-state index in [2.05, 4.69) is 0 Å². The Balaban J connectivity index is 1.94. The highest BCUT2D eigenvalue weighted by Crippen LogP contribution is 2.46. The molecule has 3 aromatic rings. The van der Waals surface area contributed by atoms with E-state index in [1.807, 2.05) is 0 Å². The smallest absolute Gasteiger partial charge is 0.417 e. The van der Waals surface area contributed by atoms with Crippen LogP contribution in [0.25, 0.3) is 0 Å². The van der Waals surface area contributed by atoms with Crippen LogP contribution in [0.1, 0.15) is 45.8 Å². The molecule has 0 aliphatic rings. The molecule has 192 valence electrons. The largest absolute Gasteiger partial charge is 0.478 e. The summed E-state index contributed by atoms with van der Waals surface area (Å²) in [5.74, 6) is -5.39. The lowest BCUT2D eigenvalue weighted by atomic mass is 9.82. The van der Waals surface area contributed by atoms with Crippen LogP contribution in [0, 0.1) is 0 Å². The molecule has 36 heavy (non-hydrogen) atoms. The molecule has 12 heteroatoms. The summed E-state index contributed by atoms with van der Waals surface area (Å²) in [6, 6.07) is 8.05. The van der Waals surface area contributed by atoms with Crippen molar-refractivity contribution in [3.63, 3.8) is 0 Å². The predicted octanol–water partition coefficient (Wildman–Crippen LogP) is 7.00. The van der Waals surface area contributed by atoms with E-state index in [0.717, 1.165) is 41.1 Å². The third-order valence-electron chi connectivity index (χ3n) is 5.55. The standard InChI is InChI=1S/C24H18ClF6NO4/c1-12(21(24(29,30)31)13-3-8-20(33)32(2)11-13)16-6-4-15(10-19(16)25)36-14-5-7-17(22(34)35)18(9-14)23(26,27)28/h3-12,21H,1-2H3,(H,34,35). The molecule has 0 saturated carbocycles. The summed E-state index contributed by atoms with van der Waals surface area (Å²) in [5, 5.41) is 8.86. The Labute approximate surface area is 205 Å². The predicted molar refractivity (Wildman–Crippen MR) is 119 cm³/mol. The van der Waals surface area contributed by atoms with Gasteiger partial charge in [-0.25, -0.2) is 4.79 Å². The number of nitrogens with zero attached hydrogens (tertiary/aromatic N) is 1. The Hall–Kier alpha value is -3.47. The molecule has 2 aromatic carbocycles. The first-order chi connectivity index (χ1) is 16.6. The van der Waals surface area contributed by atoms with Crippen LogP contribution in [0.4, 0.5) is 26.3 Å². The lowest BCUT2D eigenvalue weighted by Crippen LogP contribution is -2.28. The number of ether oxygens (including phenoxy) is 1. The zero-order valence-electron chi connectivity index (χ0n) is 18.6. The maximum absolute atomic E-state index is 14.0. The summed E-state index contributed by atoms with van der Waals surface area (Å²) in [6.07, 6.45) is -8.55. The summed E-state index contributed by atoms with van der Waals surface area (Å²) in [5.41, 5.74) is -2.91. The molecular weight excluding hydrogens is 516 g/mol. The maximum Gasteiger partial charge on any atom is 0.417 e. The molecule has 5 nitrogen and oxygen atoms in total. The lowest BCUT2D eigenvalue weighted by molar-refractivity contribution is -0.155. The van der Waals surface area contributed by atoms with Gasteiger partial charge in [0.2, 0.25) is 5.56 Å². The van der Waals surface area contributed by atoms with Crippen molar-refractivity contribution in [2.75, 3.05) is 0 Å². The number of halogens is 7. The van der Waals surface area contributed by atoms with Crippen LogP contribution in [-0.4, -0.2) is 21.8 Å². The van der Waals surface area contributed by atoms with E-state index in [0.29, 0.717) is 6.07 Å². The number of aryl methyl sites for hydroxylation is 1. The Morgan fingerprint density at radius 3 is 2.14 bits per heavy atom. The van der Waals surface area contributed by atoms with E-state index in [4.69, 9.17) is 21.4 Å². The second-order valence-electron chi connectivity index (χ2n) is 8.02. The molecule has 1 aromatic heterocycles. The maximum atomic E-state index is 14.0. The van der Waals surface area contributed by atoms with Gasteiger partial charge in [-0.05, 0) is 47.4 Å². The van der Waals surface area contributed by atoms with Crippen LogP contribution in [0.3, 0.4) is 0 Å². The SMILES string of the molecule is CC(c1ccc(Oc2ccc(C(=O)O)c(C(F)(F)F)c2)cc1Cl)C(c1ccc(=O)n(C)c1)C(F)(F)F. The molecule has 1 N–H and O–H groups in total. The molecule has 1 heterocycles. The van der Waals surface area contributed by atoms with Crippen molar-refractivity contribution in [3.05, 3.63) is 92.4 Å². The molecule has 0 spiro atoms. The average Bonchev–Trinajstić information content (AvgIpc) is 2.74. The van der Waals surface area contributed by atoms with Crippen LogP contribution in [0.15, 0.2) is 59.5 Å². The molecule has 0 aliphatic heterocycles. The molecular formula is C24H18ClF6NO4. The number of rotatable bonds is 6. The molecule has 0 aliphatic carbocycles. The first-order valence-electron chi connectivity index (χ1n) is 10.2. The summed E-state index contributed by atoms with van der Waals surface area (Å²) in [7, 11) is 1.33. The zero-order chi connectivity index (χ0) is 27.0. The van der Waals surface area contributed by atoms with Gasteiger partial charge in [0.15, 0.2) is 0 Å². The van der Waals surface area contributed by atoms with E-state index >= 15 is 0 Å². The number of benzene rings is 2. The van der Waals surface area contributed by atoms with Gasteiger partial charge in [-0.15, -0.1) is 0 Å². The number of carboxylic acid groups (broad SMARTS) is 1. The fourth-order valence-electron chi connectivity index (χ4n) is 3.82. The highest BCUT2D eigenvalue weighted by molar-refractivity contribution is 6.31. The molecule has 2 atom stereocenters. The summed E-state index contributed by atoms with van der Waals surface area (Å²) in [4.78, 5) is 22.7. The second-order valence-corrected chi connectivity index (χ2v) is 8.42. The number of pyridine rings is 1. The Bertz CT molecular complexity index is 1350. The monoisotopic (exact) mass is 533 g/mol. The third kappa shape index (κ3) is 5.84. The number of aromatic carboxylic acids is 1. The minimum absolute atomic E-state index is 0.0715. The molecule has 0 amide bonds. The van der Waals surface area contributed by atoms with Crippen LogP contribution in [-0.2, 0) is 13.2 Å². The molecule has 2 unspecified atom stereocenters. The van der Waals surface area contributed by atoms with E-state index < -0.39 is 46.8 Å². The van der Waals surface area contributed by atoms with E-state index in [1.54, 1.807) is 0 Å². The fraction of sp³-hybridized carbons (Fsp3) is 0.250. The number of aromatic nitrogens is 1. The van der Waals surface area contributed by atoms with Crippen molar-refractivity contribution in [3.8, 4) is 11.5 Å². The van der Waals surface area contributed by atoms with Gasteiger partial charge in [0.1, 0.15) is 11.5 Å². The Kier molecular flexibility index (Phi) is 7.45. The van der Waals surface area contributed by atoms with Gasteiger partial charge in [-0.2, -0.15) is 26.3 Å². The minimum Gasteiger partial charge on any atom is -0.478 e. The van der Waals surface area contributed by atoms with Crippen molar-refractivity contribution in [1.82, 2.24) is 4.57 Å². The van der Waals surface area contributed by atoms with E-state index in [1.165, 1.54) is 26.1 Å². The van der Waals surface area contributed by atoms with Crippen LogP contribution < -0.4 is 10.3 Å². The van der Waals surface area contributed by atoms with Crippen molar-refractivity contribution in [2.45, 2.75) is 31.1 Å². The number of hydrogen-bond donors (Lipinski definition) is 1. The molecule has 0 bridgehead atoms. The van der Waals surface area contributed by atoms with Crippen molar-refractivity contribution >= 4 is 17.6 Å². The lowest BCUT2D eigenvalue weighted by Gasteiger charge is -2.28. The van der Waals surface area contributed by atoms with Crippen molar-refractivity contribution in [1.29, 1.82) is 0 Å². The van der Waals surface area contributed by atoms with E-state index in [9.17, 15) is 35.9 Å². The molecule has 0 saturated heterocycles. The van der Waals surface area contributed by atoms with Gasteiger partial charge in [0.25, 0.3) is 0 Å². The third-order valence-corrected chi connectivity index (χ3v) is 5.87. The van der Waals surface area contributed by atoms with Gasteiger partial charge in [-0.3, -0.25) is 4.79 Å². The topological polar surface area (TPSA) is 68.5 Å². The minimum atomic E-state index is -4.96. The van der Waals surface area contributed by atoms with Gasteiger partial charge >= 0.3 is 18.3 Å². The number of hydrogen-bond acceptors (Lipinski definition) is 3.